The van der Waals surface area contributed by atoms with Crippen LogP contribution < -0.4 is 9.64 Å². The monoisotopic (exact) mass is 367 g/mol. The number of rotatable bonds is 5. The predicted molar refractivity (Wildman–Crippen MR) is 103 cm³/mol. The number of methoxy groups -OCH3 is 1. The third-order valence-electron chi connectivity index (χ3n) is 5.45. The molecule has 2 aromatic carbocycles. The topological polar surface area (TPSA) is 43.2 Å². The summed E-state index contributed by atoms with van der Waals surface area (Å²) < 4.78 is 10.8. The Kier molecular flexibility index (Phi) is 5.41. The van der Waals surface area contributed by atoms with E-state index >= 15 is 0 Å². The summed E-state index contributed by atoms with van der Waals surface area (Å²) in [6, 6.07) is 14.3. The molecule has 0 atom stereocenters. The van der Waals surface area contributed by atoms with Crippen molar-refractivity contribution in [2.45, 2.75) is 19.6 Å². The van der Waals surface area contributed by atoms with Crippen molar-refractivity contribution in [3.05, 3.63) is 64.7 Å². The summed E-state index contributed by atoms with van der Waals surface area (Å²) in [6.07, 6.45) is 1.02. The Bertz CT molecular complexity index is 813. The number of fused-ring (bicyclic) bond motifs is 1. The van der Waals surface area contributed by atoms with Crippen LogP contribution in [0, 0.1) is 0 Å². The molecule has 0 bridgehead atoms. The standard InChI is InChI=1S/C22H26N2O3/c1-26-16-18-3-2-4-20(14-18)22(25)24-10-8-23(9-11-24)15-17-5-6-21-19(13-17)7-12-27-21/h2-6,13-14H,7-12,15-16H2,1H3/p+1. The molecule has 0 radical (unpaired) electrons. The van der Waals surface area contributed by atoms with E-state index in [0.717, 1.165) is 62.6 Å². The number of benzene rings is 2. The molecule has 5 nitrogen and oxygen atoms in total. The summed E-state index contributed by atoms with van der Waals surface area (Å²) >= 11 is 0. The summed E-state index contributed by atoms with van der Waals surface area (Å²) in [5, 5.41) is 0. The minimum Gasteiger partial charge on any atom is -0.493 e. The van der Waals surface area contributed by atoms with Crippen LogP contribution in [0.1, 0.15) is 27.0 Å². The van der Waals surface area contributed by atoms with Crippen molar-refractivity contribution < 1.29 is 19.2 Å². The first-order valence-corrected chi connectivity index (χ1v) is 9.68. The van der Waals surface area contributed by atoms with Gasteiger partial charge in [0.25, 0.3) is 5.91 Å². The largest absolute Gasteiger partial charge is 0.493 e. The molecule has 1 amide bonds. The molecule has 2 aliphatic heterocycles. The van der Waals surface area contributed by atoms with Gasteiger partial charge >= 0.3 is 0 Å². The van der Waals surface area contributed by atoms with Crippen LogP contribution >= 0.6 is 0 Å². The van der Waals surface area contributed by atoms with Gasteiger partial charge in [-0.2, -0.15) is 0 Å². The first kappa shape index (κ1) is 18.0. The number of piperazine rings is 1. The van der Waals surface area contributed by atoms with Crippen molar-refractivity contribution in [2.24, 2.45) is 0 Å². The molecule has 0 aliphatic carbocycles. The molecular weight excluding hydrogens is 340 g/mol. The van der Waals surface area contributed by atoms with Gasteiger partial charge in [-0.3, -0.25) is 4.79 Å². The molecule has 1 saturated heterocycles. The van der Waals surface area contributed by atoms with Crippen molar-refractivity contribution in [3.8, 4) is 5.75 Å². The fourth-order valence-electron chi connectivity index (χ4n) is 3.98. The first-order chi connectivity index (χ1) is 13.2. The van der Waals surface area contributed by atoms with Gasteiger partial charge in [0.2, 0.25) is 0 Å². The SMILES string of the molecule is COCc1cccc(C(=O)N2CC[NH+](Cc3ccc4c(c3)CCO4)CC2)c1. The van der Waals surface area contributed by atoms with Crippen LogP contribution in [0.3, 0.4) is 0 Å². The number of hydrogen-bond acceptors (Lipinski definition) is 3. The fourth-order valence-corrected chi connectivity index (χ4v) is 3.98. The number of carbonyl (C=O) groups excluding carboxylic acids is 1. The maximum absolute atomic E-state index is 12.8. The van der Waals surface area contributed by atoms with Crippen LogP contribution in [0.5, 0.6) is 5.75 Å². The van der Waals surface area contributed by atoms with Gasteiger partial charge in [0.15, 0.2) is 0 Å². The van der Waals surface area contributed by atoms with Crippen LogP contribution in [-0.4, -0.2) is 50.7 Å². The summed E-state index contributed by atoms with van der Waals surface area (Å²) in [5.41, 5.74) is 4.48. The third-order valence-corrected chi connectivity index (χ3v) is 5.45. The Hall–Kier alpha value is -2.37. The van der Waals surface area contributed by atoms with Crippen molar-refractivity contribution in [2.75, 3.05) is 39.9 Å². The highest BCUT2D eigenvalue weighted by Gasteiger charge is 2.25. The number of ether oxygens (including phenoxy) is 2. The molecule has 2 heterocycles. The van der Waals surface area contributed by atoms with Gasteiger partial charge < -0.3 is 19.3 Å². The van der Waals surface area contributed by atoms with Gasteiger partial charge in [-0.25, -0.2) is 0 Å². The number of amides is 1. The first-order valence-electron chi connectivity index (χ1n) is 9.68. The Labute approximate surface area is 160 Å². The highest BCUT2D eigenvalue weighted by molar-refractivity contribution is 5.94. The highest BCUT2D eigenvalue weighted by atomic mass is 16.5. The number of quaternary nitrogens is 1. The number of carbonyl (C=O) groups is 1. The molecule has 1 fully saturated rings. The van der Waals surface area contributed by atoms with E-state index in [-0.39, 0.29) is 5.91 Å². The van der Waals surface area contributed by atoms with Crippen molar-refractivity contribution >= 4 is 5.91 Å². The Balaban J connectivity index is 1.33. The van der Waals surface area contributed by atoms with Crippen LogP contribution in [0.4, 0.5) is 0 Å². The van der Waals surface area contributed by atoms with Gasteiger partial charge in [0.1, 0.15) is 12.3 Å². The number of hydrogen-bond donors (Lipinski definition) is 1. The van der Waals surface area contributed by atoms with Crippen molar-refractivity contribution in [1.29, 1.82) is 0 Å². The lowest BCUT2D eigenvalue weighted by Gasteiger charge is -2.32. The molecule has 0 saturated carbocycles. The van der Waals surface area contributed by atoms with Crippen LogP contribution in [0.15, 0.2) is 42.5 Å². The van der Waals surface area contributed by atoms with Gasteiger partial charge in [-0.05, 0) is 41.5 Å². The molecule has 27 heavy (non-hydrogen) atoms. The van der Waals surface area contributed by atoms with E-state index in [9.17, 15) is 4.79 Å². The molecule has 0 unspecified atom stereocenters. The van der Waals surface area contributed by atoms with E-state index in [1.807, 2.05) is 29.2 Å². The zero-order valence-corrected chi connectivity index (χ0v) is 15.9. The average Bonchev–Trinajstić information content (AvgIpc) is 3.16. The minimum absolute atomic E-state index is 0.127. The summed E-state index contributed by atoms with van der Waals surface area (Å²) in [5.74, 6) is 1.17. The molecule has 0 spiro atoms. The molecule has 2 aliphatic rings. The maximum atomic E-state index is 12.8. The summed E-state index contributed by atoms with van der Waals surface area (Å²) in [6.45, 7) is 5.92. The summed E-state index contributed by atoms with van der Waals surface area (Å²) in [4.78, 5) is 16.3. The number of nitrogens with one attached hydrogen (secondary N) is 1. The van der Waals surface area contributed by atoms with Gasteiger partial charge in [0.05, 0.1) is 39.4 Å². The second kappa shape index (κ2) is 8.11. The molecule has 4 rings (SSSR count). The highest BCUT2D eigenvalue weighted by Crippen LogP contribution is 2.25. The average molecular weight is 367 g/mol. The Morgan fingerprint density at radius 2 is 2.00 bits per heavy atom. The Morgan fingerprint density at radius 1 is 1.15 bits per heavy atom. The van der Waals surface area contributed by atoms with Gasteiger partial charge in [-0.1, -0.05) is 12.1 Å². The Morgan fingerprint density at radius 3 is 2.81 bits per heavy atom. The van der Waals surface area contributed by atoms with E-state index in [4.69, 9.17) is 9.47 Å². The van der Waals surface area contributed by atoms with Crippen LogP contribution in [-0.2, 0) is 24.3 Å². The maximum Gasteiger partial charge on any atom is 0.254 e. The van der Waals surface area contributed by atoms with E-state index in [0.29, 0.717) is 6.61 Å². The van der Waals surface area contributed by atoms with E-state index in [1.54, 1.807) is 7.11 Å². The summed E-state index contributed by atoms with van der Waals surface area (Å²) in [7, 11) is 1.67. The normalized spacial score (nSPS) is 16.9. The zero-order valence-electron chi connectivity index (χ0n) is 15.9. The van der Waals surface area contributed by atoms with Crippen LogP contribution in [0.2, 0.25) is 0 Å². The lowest BCUT2D eigenvalue weighted by molar-refractivity contribution is -0.917. The predicted octanol–water partition coefficient (Wildman–Crippen LogP) is 1.31. The minimum atomic E-state index is 0.127. The fraction of sp³-hybridized carbons (Fsp3) is 0.409. The van der Waals surface area contributed by atoms with E-state index < -0.39 is 0 Å². The van der Waals surface area contributed by atoms with Crippen LogP contribution in [0.25, 0.3) is 0 Å². The second-order valence-electron chi connectivity index (χ2n) is 7.39. The second-order valence-corrected chi connectivity index (χ2v) is 7.39. The molecular formula is C22H27N2O3+. The molecule has 5 heteroatoms. The van der Waals surface area contributed by atoms with Crippen molar-refractivity contribution in [1.82, 2.24) is 4.90 Å². The van der Waals surface area contributed by atoms with Gasteiger partial charge in [-0.15, -0.1) is 0 Å². The third kappa shape index (κ3) is 4.15. The smallest absolute Gasteiger partial charge is 0.254 e. The van der Waals surface area contributed by atoms with Gasteiger partial charge in [0, 0.05) is 24.7 Å². The quantitative estimate of drug-likeness (QED) is 0.867. The van der Waals surface area contributed by atoms with E-state index in [2.05, 4.69) is 18.2 Å². The lowest BCUT2D eigenvalue weighted by Crippen LogP contribution is -3.13. The molecule has 142 valence electrons. The van der Waals surface area contributed by atoms with Crippen molar-refractivity contribution in [3.63, 3.8) is 0 Å². The zero-order chi connectivity index (χ0) is 18.6. The molecule has 1 N–H and O–H groups in total. The lowest BCUT2D eigenvalue weighted by atomic mass is 10.1. The molecule has 2 aromatic rings. The number of nitrogens with zero attached hydrogens (tertiary/aromatic N) is 1. The van der Waals surface area contributed by atoms with E-state index in [1.165, 1.54) is 16.0 Å². The molecule has 0 aromatic heterocycles.